The fourth-order valence-corrected chi connectivity index (χ4v) is 5.98. The van der Waals surface area contributed by atoms with Crippen molar-refractivity contribution >= 4 is 23.3 Å². The first kappa shape index (κ1) is 30.3. The normalized spacial score (nSPS) is 19.5. The summed E-state index contributed by atoms with van der Waals surface area (Å²) in [6, 6.07) is 18.7. The Bertz CT molecular complexity index is 1680. The topological polar surface area (TPSA) is 100 Å². The van der Waals surface area contributed by atoms with E-state index in [0.29, 0.717) is 17.3 Å². The minimum absolute atomic E-state index is 0.170. The summed E-state index contributed by atoms with van der Waals surface area (Å²) in [7, 11) is 0. The fourth-order valence-electron chi connectivity index (χ4n) is 5.98. The molecule has 0 saturated carbocycles. The molecule has 1 amide bonds. The number of nitrogens with zero attached hydrogens (tertiary/aromatic N) is 4. The van der Waals surface area contributed by atoms with Gasteiger partial charge in [-0.2, -0.15) is 31.4 Å². The number of carbonyl (C=O) groups is 2. The zero-order chi connectivity index (χ0) is 32.1. The van der Waals surface area contributed by atoms with Crippen molar-refractivity contribution in [3.05, 3.63) is 107 Å². The van der Waals surface area contributed by atoms with Gasteiger partial charge in [-0.3, -0.25) is 9.59 Å². The molecule has 6 rings (SSSR count). The Morgan fingerprint density at radius 1 is 0.867 bits per heavy atom. The van der Waals surface area contributed by atoms with E-state index in [-0.39, 0.29) is 37.4 Å². The maximum Gasteiger partial charge on any atom is 0.429 e. The van der Waals surface area contributed by atoms with E-state index in [9.17, 15) is 41.0 Å². The molecule has 2 aliphatic heterocycles. The number of benzene rings is 2. The monoisotopic (exact) mass is 629 g/mol. The Hall–Kier alpha value is -4.72. The van der Waals surface area contributed by atoms with Crippen molar-refractivity contribution in [1.82, 2.24) is 14.8 Å². The van der Waals surface area contributed by atoms with Gasteiger partial charge in [0.05, 0.1) is 16.8 Å². The van der Waals surface area contributed by atoms with E-state index in [1.165, 1.54) is 10.7 Å². The molecule has 0 aliphatic carbocycles. The SMILES string of the molecule is O=C1Nc2c(c(C3CCN(c4ccc(C(F)(F)F)cn4)CC3)nn2C(c2ccccc2)c2ccccc2)C(O)(C(F)(F)F)C1=O. The summed E-state index contributed by atoms with van der Waals surface area (Å²) < 4.78 is 84.1. The predicted molar refractivity (Wildman–Crippen MR) is 149 cm³/mol. The molecule has 2 aliphatic rings. The largest absolute Gasteiger partial charge is 0.429 e. The number of piperidine rings is 1. The second-order valence-corrected chi connectivity index (χ2v) is 10.9. The highest BCUT2D eigenvalue weighted by Gasteiger charge is 2.67. The molecule has 234 valence electrons. The van der Waals surface area contributed by atoms with Crippen molar-refractivity contribution in [2.75, 3.05) is 23.3 Å². The lowest BCUT2D eigenvalue weighted by Crippen LogP contribution is -2.57. The third-order valence-electron chi connectivity index (χ3n) is 8.23. The number of Topliss-reactive ketones (excluding diaryl/α,β-unsaturated/α-hetero) is 1. The molecule has 1 saturated heterocycles. The van der Waals surface area contributed by atoms with Crippen molar-refractivity contribution in [2.45, 2.75) is 42.8 Å². The first-order chi connectivity index (χ1) is 21.3. The quantitative estimate of drug-likeness (QED) is 0.221. The molecular weight excluding hydrogens is 604 g/mol. The number of hydrogen-bond acceptors (Lipinski definition) is 6. The molecule has 4 aromatic rings. The number of nitrogens with one attached hydrogen (secondary N) is 1. The second-order valence-electron chi connectivity index (χ2n) is 10.9. The van der Waals surface area contributed by atoms with Gasteiger partial charge < -0.3 is 15.3 Å². The summed E-state index contributed by atoms with van der Waals surface area (Å²) >= 11 is 0. The molecule has 1 atom stereocenters. The molecule has 0 spiro atoms. The van der Waals surface area contributed by atoms with Crippen LogP contribution in [0.15, 0.2) is 79.0 Å². The van der Waals surface area contributed by atoms with Crippen LogP contribution in [0.5, 0.6) is 0 Å². The number of halogens is 6. The van der Waals surface area contributed by atoms with E-state index >= 15 is 0 Å². The predicted octanol–water partition coefficient (Wildman–Crippen LogP) is 5.59. The summed E-state index contributed by atoms with van der Waals surface area (Å²) in [5.74, 6) is -4.59. The minimum Gasteiger partial charge on any atom is -0.369 e. The molecule has 45 heavy (non-hydrogen) atoms. The van der Waals surface area contributed by atoms with Crippen LogP contribution in [0.1, 0.15) is 52.7 Å². The van der Waals surface area contributed by atoms with E-state index < -0.39 is 58.5 Å². The van der Waals surface area contributed by atoms with Gasteiger partial charge in [-0.05, 0) is 36.1 Å². The number of rotatable bonds is 5. The Morgan fingerprint density at radius 3 is 1.93 bits per heavy atom. The minimum atomic E-state index is -5.56. The second kappa shape index (κ2) is 11.0. The number of carbonyl (C=O) groups excluding carboxylic acids is 2. The first-order valence-corrected chi connectivity index (χ1v) is 14.0. The van der Waals surface area contributed by atoms with Gasteiger partial charge in [-0.25, -0.2) is 9.67 Å². The van der Waals surface area contributed by atoms with Gasteiger partial charge in [0, 0.05) is 25.2 Å². The Morgan fingerprint density at radius 2 is 1.44 bits per heavy atom. The highest BCUT2D eigenvalue weighted by Crippen LogP contribution is 2.50. The summed E-state index contributed by atoms with van der Waals surface area (Å²) in [4.78, 5) is 31.1. The fraction of sp³-hybridized carbons (Fsp3) is 0.290. The Kier molecular flexibility index (Phi) is 7.42. The van der Waals surface area contributed by atoms with Crippen LogP contribution in [0.25, 0.3) is 0 Å². The van der Waals surface area contributed by atoms with E-state index in [0.717, 1.165) is 6.07 Å². The van der Waals surface area contributed by atoms with Gasteiger partial charge in [0.25, 0.3) is 17.3 Å². The molecular formula is C31H25F6N5O3. The highest BCUT2D eigenvalue weighted by atomic mass is 19.4. The lowest BCUT2D eigenvalue weighted by Gasteiger charge is -2.36. The number of anilines is 2. The summed E-state index contributed by atoms with van der Waals surface area (Å²) in [5.41, 5.74) is -4.86. The number of alkyl halides is 6. The smallest absolute Gasteiger partial charge is 0.369 e. The van der Waals surface area contributed by atoms with Crippen LogP contribution in [0.4, 0.5) is 38.0 Å². The van der Waals surface area contributed by atoms with Gasteiger partial charge in [0.1, 0.15) is 17.7 Å². The lowest BCUT2D eigenvalue weighted by atomic mass is 9.80. The zero-order valence-electron chi connectivity index (χ0n) is 23.3. The van der Waals surface area contributed by atoms with Crippen LogP contribution in [0.3, 0.4) is 0 Å². The molecule has 2 N–H and O–H groups in total. The third kappa shape index (κ3) is 5.22. The van der Waals surface area contributed by atoms with Crippen molar-refractivity contribution in [3.63, 3.8) is 0 Å². The molecule has 0 radical (unpaired) electrons. The van der Waals surface area contributed by atoms with Gasteiger partial charge in [0.15, 0.2) is 0 Å². The zero-order valence-corrected chi connectivity index (χ0v) is 23.3. The number of fused-ring (bicyclic) bond motifs is 1. The number of amides is 1. The van der Waals surface area contributed by atoms with Gasteiger partial charge >= 0.3 is 12.4 Å². The standard InChI is InChI=1S/C31H25F6N5O3/c32-30(33,34)21-11-12-22(38-17-21)41-15-13-18(14-16-41)24-23-27(39-28(44)26(43)29(23,45)31(35,36)37)42(40-24)25(19-7-3-1-4-8-19)20-9-5-2-6-10-20/h1-12,17-18,25,45H,13-16H2,(H,39,44). The van der Waals surface area contributed by atoms with Crippen LogP contribution in [-0.4, -0.2) is 50.8 Å². The van der Waals surface area contributed by atoms with Crippen LogP contribution >= 0.6 is 0 Å². The van der Waals surface area contributed by atoms with E-state index in [1.807, 2.05) is 0 Å². The molecule has 2 aromatic heterocycles. The summed E-state index contributed by atoms with van der Waals surface area (Å²) in [6.45, 7) is 0.381. The maximum atomic E-state index is 14.6. The Balaban J connectivity index is 1.45. The van der Waals surface area contributed by atoms with E-state index in [2.05, 4.69) is 15.4 Å². The van der Waals surface area contributed by atoms with Crippen LogP contribution in [0.2, 0.25) is 0 Å². The molecule has 1 unspecified atom stereocenters. The van der Waals surface area contributed by atoms with Gasteiger partial charge in [-0.15, -0.1) is 0 Å². The van der Waals surface area contributed by atoms with Crippen molar-refractivity contribution < 1.29 is 41.0 Å². The molecule has 8 nitrogen and oxygen atoms in total. The average Bonchev–Trinajstić information content (AvgIpc) is 3.39. The van der Waals surface area contributed by atoms with Crippen molar-refractivity contribution in [2.24, 2.45) is 0 Å². The Labute approximate surface area is 252 Å². The molecule has 1 fully saturated rings. The van der Waals surface area contributed by atoms with Gasteiger partial charge in [0.2, 0.25) is 0 Å². The number of pyridine rings is 1. The molecule has 0 bridgehead atoms. The van der Waals surface area contributed by atoms with Crippen molar-refractivity contribution in [3.8, 4) is 0 Å². The maximum absolute atomic E-state index is 14.6. The molecule has 2 aromatic carbocycles. The van der Waals surface area contributed by atoms with E-state index in [4.69, 9.17) is 0 Å². The lowest BCUT2D eigenvalue weighted by molar-refractivity contribution is -0.255. The van der Waals surface area contributed by atoms with Crippen molar-refractivity contribution in [1.29, 1.82) is 0 Å². The number of aliphatic hydroxyl groups is 1. The summed E-state index contributed by atoms with van der Waals surface area (Å²) in [5, 5.41) is 18.1. The third-order valence-corrected chi connectivity index (χ3v) is 8.23. The molecule has 14 heteroatoms. The van der Waals surface area contributed by atoms with Crippen LogP contribution < -0.4 is 10.2 Å². The average molecular weight is 630 g/mol. The van der Waals surface area contributed by atoms with E-state index in [1.54, 1.807) is 65.6 Å². The van der Waals surface area contributed by atoms with Gasteiger partial charge in [-0.1, -0.05) is 60.7 Å². The number of aromatic nitrogens is 3. The highest BCUT2D eigenvalue weighted by molar-refractivity contribution is 6.45. The number of ketones is 1. The van der Waals surface area contributed by atoms with Crippen LogP contribution in [0, 0.1) is 0 Å². The first-order valence-electron chi connectivity index (χ1n) is 14.0. The molecule has 4 heterocycles. The summed E-state index contributed by atoms with van der Waals surface area (Å²) in [6.07, 6.45) is -9.06. The number of hydrogen-bond donors (Lipinski definition) is 2. The van der Waals surface area contributed by atoms with Crippen LogP contribution in [-0.2, 0) is 21.4 Å².